The Morgan fingerprint density at radius 3 is 2.48 bits per heavy atom. The van der Waals surface area contributed by atoms with E-state index in [1.54, 1.807) is 31.5 Å². The fourth-order valence-corrected chi connectivity index (χ4v) is 7.55. The van der Waals surface area contributed by atoms with Crippen molar-refractivity contribution in [2.45, 2.75) is 49.4 Å². The van der Waals surface area contributed by atoms with Crippen LogP contribution in [0.1, 0.15) is 37.8 Å². The van der Waals surface area contributed by atoms with Gasteiger partial charge in [0, 0.05) is 20.9 Å². The molecule has 10 heteroatoms. The Labute approximate surface area is 206 Å². The molecular weight excluding hydrogens is 564 g/mol. The molecule has 2 aromatic heterocycles. The van der Waals surface area contributed by atoms with Gasteiger partial charge in [0.05, 0.1) is 5.69 Å². The van der Waals surface area contributed by atoms with E-state index in [-0.39, 0.29) is 0 Å². The third kappa shape index (κ3) is 4.31. The summed E-state index contributed by atoms with van der Waals surface area (Å²) in [5.41, 5.74) is 4.87. The highest BCUT2D eigenvalue weighted by Gasteiger charge is 2.32. The minimum Gasteiger partial charge on any atom is -0.480 e. The zero-order valence-corrected chi connectivity index (χ0v) is 22.1. The standard InChI is InChI=1S/C21H22Br2N4O2S2/c1-21(2,19(28)29)31-20-26-25-10-27(20)18-13-7-5-4-6-12(13)17(30-18)11-8-14(22)16(24-3)15(23)9-11/h8-10,24H,4-7H2,1-3H3,(H,28,29). The SMILES string of the molecule is CNc1c(Br)cc(-c2sc(-n3cnnc3SC(C)(C)C(=O)O)c3c2CCCC3)cc1Br. The first-order chi connectivity index (χ1) is 14.7. The molecule has 0 saturated carbocycles. The van der Waals surface area contributed by atoms with Gasteiger partial charge in [0.1, 0.15) is 16.1 Å². The molecule has 0 aliphatic heterocycles. The van der Waals surface area contributed by atoms with E-state index in [2.05, 4.69) is 59.5 Å². The molecule has 2 heterocycles. The maximum Gasteiger partial charge on any atom is 0.319 e. The van der Waals surface area contributed by atoms with Crippen LogP contribution in [0.3, 0.4) is 0 Å². The number of hydrogen-bond donors (Lipinski definition) is 2. The molecule has 0 radical (unpaired) electrons. The van der Waals surface area contributed by atoms with Gasteiger partial charge in [-0.1, -0.05) is 11.8 Å². The second kappa shape index (κ2) is 8.88. The van der Waals surface area contributed by atoms with Gasteiger partial charge in [0.25, 0.3) is 0 Å². The van der Waals surface area contributed by atoms with Gasteiger partial charge in [0.15, 0.2) is 5.16 Å². The largest absolute Gasteiger partial charge is 0.480 e. The topological polar surface area (TPSA) is 80.0 Å². The molecule has 1 aliphatic carbocycles. The number of nitrogens with zero attached hydrogens (tertiary/aromatic N) is 3. The second-order valence-electron chi connectivity index (χ2n) is 7.87. The molecule has 0 fully saturated rings. The molecule has 0 unspecified atom stereocenters. The van der Waals surface area contributed by atoms with E-state index in [0.29, 0.717) is 5.16 Å². The number of benzene rings is 1. The molecule has 2 N–H and O–H groups in total. The van der Waals surface area contributed by atoms with E-state index in [9.17, 15) is 9.90 Å². The van der Waals surface area contributed by atoms with Crippen LogP contribution < -0.4 is 5.32 Å². The number of carboxylic acids is 1. The first-order valence-electron chi connectivity index (χ1n) is 9.87. The maximum absolute atomic E-state index is 11.6. The average Bonchev–Trinajstić information content (AvgIpc) is 3.31. The lowest BCUT2D eigenvalue weighted by Gasteiger charge is -2.18. The number of rotatable bonds is 6. The van der Waals surface area contributed by atoms with E-state index in [1.807, 2.05) is 11.6 Å². The summed E-state index contributed by atoms with van der Waals surface area (Å²) in [5.74, 6) is -0.875. The predicted molar refractivity (Wildman–Crippen MR) is 134 cm³/mol. The Hall–Kier alpha value is -1.36. The Kier molecular flexibility index (Phi) is 6.54. The number of nitrogens with one attached hydrogen (secondary N) is 1. The van der Waals surface area contributed by atoms with Crippen LogP contribution >= 0.6 is 55.0 Å². The van der Waals surface area contributed by atoms with Crippen LogP contribution in [0.15, 0.2) is 32.6 Å². The zero-order chi connectivity index (χ0) is 22.3. The third-order valence-electron chi connectivity index (χ3n) is 5.35. The lowest BCUT2D eigenvalue weighted by molar-refractivity contribution is -0.138. The van der Waals surface area contributed by atoms with E-state index in [0.717, 1.165) is 44.5 Å². The highest BCUT2D eigenvalue weighted by atomic mass is 79.9. The van der Waals surface area contributed by atoms with Crippen molar-refractivity contribution >= 4 is 66.6 Å². The summed E-state index contributed by atoms with van der Waals surface area (Å²) < 4.78 is 2.97. The summed E-state index contributed by atoms with van der Waals surface area (Å²) in [4.78, 5) is 12.9. The van der Waals surface area contributed by atoms with E-state index in [4.69, 9.17) is 0 Å². The van der Waals surface area contributed by atoms with Crippen LogP contribution in [-0.4, -0.2) is 37.6 Å². The van der Waals surface area contributed by atoms with Gasteiger partial charge >= 0.3 is 5.97 Å². The summed E-state index contributed by atoms with van der Waals surface area (Å²) in [7, 11) is 1.90. The van der Waals surface area contributed by atoms with Crippen LogP contribution in [0, 0.1) is 0 Å². The summed E-state index contributed by atoms with van der Waals surface area (Å²) >= 11 is 10.3. The fourth-order valence-electron chi connectivity index (χ4n) is 3.69. The lowest BCUT2D eigenvalue weighted by Crippen LogP contribution is -2.27. The quantitative estimate of drug-likeness (QED) is 0.326. The molecule has 0 bridgehead atoms. The van der Waals surface area contributed by atoms with Gasteiger partial charge < -0.3 is 10.4 Å². The number of anilines is 1. The van der Waals surface area contributed by atoms with Gasteiger partial charge in [0.2, 0.25) is 0 Å². The van der Waals surface area contributed by atoms with Crippen molar-refractivity contribution < 1.29 is 9.90 Å². The minimum atomic E-state index is -0.996. The highest BCUT2D eigenvalue weighted by Crippen LogP contribution is 2.46. The van der Waals surface area contributed by atoms with Crippen molar-refractivity contribution in [1.82, 2.24) is 14.8 Å². The molecule has 3 aromatic rings. The van der Waals surface area contributed by atoms with E-state index >= 15 is 0 Å². The normalized spacial score (nSPS) is 13.8. The number of thiophene rings is 1. The number of carbonyl (C=O) groups is 1. The number of thioether (sulfide) groups is 1. The van der Waals surface area contributed by atoms with Gasteiger partial charge in [-0.3, -0.25) is 9.36 Å². The summed E-state index contributed by atoms with van der Waals surface area (Å²) in [6, 6.07) is 4.30. The first kappa shape index (κ1) is 22.8. The van der Waals surface area contributed by atoms with Crippen LogP contribution in [0.25, 0.3) is 15.4 Å². The number of halogens is 2. The average molecular weight is 586 g/mol. The van der Waals surface area contributed by atoms with Crippen molar-refractivity contribution in [3.05, 3.63) is 38.5 Å². The number of carboxylic acid groups (broad SMARTS) is 1. The van der Waals surface area contributed by atoms with Gasteiger partial charge in [-0.25, -0.2) is 0 Å². The van der Waals surface area contributed by atoms with Crippen molar-refractivity contribution in [3.8, 4) is 15.4 Å². The number of fused-ring (bicyclic) bond motifs is 1. The predicted octanol–water partition coefficient (Wildman–Crippen LogP) is 6.40. The van der Waals surface area contributed by atoms with Crippen LogP contribution in [-0.2, 0) is 17.6 Å². The molecular formula is C21H22Br2N4O2S2. The molecule has 0 atom stereocenters. The van der Waals surface area contributed by atoms with Crippen molar-refractivity contribution in [1.29, 1.82) is 0 Å². The number of hydrogen-bond acceptors (Lipinski definition) is 6. The van der Waals surface area contributed by atoms with Gasteiger partial charge in [-0.05, 0) is 100 Å². The molecule has 164 valence electrons. The summed E-state index contributed by atoms with van der Waals surface area (Å²) in [6.45, 7) is 3.37. The van der Waals surface area contributed by atoms with E-state index < -0.39 is 10.7 Å². The summed E-state index contributed by atoms with van der Waals surface area (Å²) in [6.07, 6.45) is 6.05. The minimum absolute atomic E-state index is 0.599. The van der Waals surface area contributed by atoms with Gasteiger partial charge in [-0.2, -0.15) is 0 Å². The molecule has 1 aliphatic rings. The summed E-state index contributed by atoms with van der Waals surface area (Å²) in [5, 5.41) is 22.8. The maximum atomic E-state index is 11.6. The van der Waals surface area contributed by atoms with Crippen molar-refractivity contribution in [2.24, 2.45) is 0 Å². The van der Waals surface area contributed by atoms with Crippen molar-refractivity contribution in [2.75, 3.05) is 12.4 Å². The second-order valence-corrected chi connectivity index (χ2v) is 12.2. The fraction of sp³-hybridized carbons (Fsp3) is 0.381. The van der Waals surface area contributed by atoms with Gasteiger partial charge in [-0.15, -0.1) is 21.5 Å². The Morgan fingerprint density at radius 2 is 1.87 bits per heavy atom. The number of aliphatic carboxylic acids is 1. The molecule has 4 rings (SSSR count). The Morgan fingerprint density at radius 1 is 1.23 bits per heavy atom. The Balaban J connectivity index is 1.84. The van der Waals surface area contributed by atoms with Crippen LogP contribution in [0.4, 0.5) is 5.69 Å². The third-order valence-corrected chi connectivity index (χ3v) is 9.07. The molecule has 31 heavy (non-hydrogen) atoms. The van der Waals surface area contributed by atoms with E-state index in [1.165, 1.54) is 34.2 Å². The number of aromatic nitrogens is 3. The lowest BCUT2D eigenvalue weighted by atomic mass is 9.91. The molecule has 0 amide bonds. The zero-order valence-electron chi connectivity index (χ0n) is 17.3. The van der Waals surface area contributed by atoms with Crippen LogP contribution in [0.2, 0.25) is 0 Å². The smallest absolute Gasteiger partial charge is 0.319 e. The molecule has 6 nitrogen and oxygen atoms in total. The molecule has 1 aromatic carbocycles. The first-order valence-corrected chi connectivity index (χ1v) is 13.1. The molecule has 0 spiro atoms. The highest BCUT2D eigenvalue weighted by molar-refractivity contribution is 9.11. The Bertz CT molecular complexity index is 1130. The van der Waals surface area contributed by atoms with Crippen molar-refractivity contribution in [3.63, 3.8) is 0 Å². The molecule has 0 saturated heterocycles. The monoisotopic (exact) mass is 584 g/mol. The van der Waals surface area contributed by atoms with Crippen LogP contribution in [0.5, 0.6) is 0 Å².